The van der Waals surface area contributed by atoms with E-state index >= 15 is 0 Å². The molecule has 5 nitrogen and oxygen atoms in total. The van der Waals surface area contributed by atoms with Gasteiger partial charge >= 0.3 is 0 Å². The first-order chi connectivity index (χ1) is 10.1. The van der Waals surface area contributed by atoms with Gasteiger partial charge in [-0.15, -0.1) is 10.2 Å². The van der Waals surface area contributed by atoms with Crippen molar-refractivity contribution in [3.8, 4) is 0 Å². The van der Waals surface area contributed by atoms with Crippen LogP contribution in [0.3, 0.4) is 0 Å². The molecule has 1 aromatic carbocycles. The van der Waals surface area contributed by atoms with Crippen molar-refractivity contribution in [1.29, 1.82) is 0 Å². The van der Waals surface area contributed by atoms with E-state index < -0.39 is 17.8 Å². The fourth-order valence-corrected chi connectivity index (χ4v) is 3.31. The molecule has 0 aliphatic carbocycles. The highest BCUT2D eigenvalue weighted by molar-refractivity contribution is 8.01. The van der Waals surface area contributed by atoms with Crippen molar-refractivity contribution in [3.05, 3.63) is 40.7 Å². The molecule has 0 aliphatic rings. The number of nitrogens with zero attached hydrogens (tertiary/aromatic N) is 2. The van der Waals surface area contributed by atoms with E-state index in [1.165, 1.54) is 41.3 Å². The monoisotopic (exact) mass is 327 g/mol. The quantitative estimate of drug-likeness (QED) is 0.626. The first-order valence-electron chi connectivity index (χ1n) is 6.20. The number of carbonyl (C=O) groups is 1. The maximum absolute atomic E-state index is 13.0. The summed E-state index contributed by atoms with van der Waals surface area (Å²) >= 11 is 2.97. The first kappa shape index (κ1) is 15.9. The van der Waals surface area contributed by atoms with Crippen LogP contribution in [0.5, 0.6) is 0 Å². The summed E-state index contributed by atoms with van der Waals surface area (Å²) in [6.07, 6.45) is -1.37. The minimum atomic E-state index is -1.37. The van der Waals surface area contributed by atoms with E-state index in [2.05, 4.69) is 15.5 Å². The van der Waals surface area contributed by atoms with Crippen molar-refractivity contribution in [3.63, 3.8) is 0 Å². The van der Waals surface area contributed by atoms with E-state index in [1.54, 1.807) is 0 Å². The molecule has 8 heteroatoms. The van der Waals surface area contributed by atoms with Crippen LogP contribution in [0, 0.1) is 12.7 Å². The van der Waals surface area contributed by atoms with Crippen molar-refractivity contribution in [2.24, 2.45) is 0 Å². The number of carbonyl (C=O) groups excluding carboxylic acids is 1. The van der Waals surface area contributed by atoms with Crippen LogP contribution in [0.2, 0.25) is 0 Å². The second-order valence-electron chi connectivity index (χ2n) is 4.18. The highest BCUT2D eigenvalue weighted by Gasteiger charge is 2.17. The van der Waals surface area contributed by atoms with Gasteiger partial charge in [-0.1, -0.05) is 35.2 Å². The van der Waals surface area contributed by atoms with E-state index in [0.717, 1.165) is 15.4 Å². The van der Waals surface area contributed by atoms with E-state index in [-0.39, 0.29) is 5.56 Å². The van der Waals surface area contributed by atoms with Crippen molar-refractivity contribution < 1.29 is 14.3 Å². The van der Waals surface area contributed by atoms with Crippen LogP contribution >= 0.6 is 23.1 Å². The summed E-state index contributed by atoms with van der Waals surface area (Å²) in [5.41, 5.74) is 0.236. The molecule has 1 amide bonds. The van der Waals surface area contributed by atoms with E-state index in [0.29, 0.717) is 12.3 Å². The minimum Gasteiger partial charge on any atom is -0.378 e. The Hall–Kier alpha value is -1.51. The molecule has 0 bridgehead atoms. The normalized spacial score (nSPS) is 12.1. The SMILES string of the molecule is Cc1nnc(SCCNC(=O)C(O)c2cccc(F)c2)s1. The number of aromatic nitrogens is 2. The van der Waals surface area contributed by atoms with Crippen LogP contribution in [-0.4, -0.2) is 33.5 Å². The summed E-state index contributed by atoms with van der Waals surface area (Å²) in [4.78, 5) is 11.8. The minimum absolute atomic E-state index is 0.236. The average molecular weight is 327 g/mol. The topological polar surface area (TPSA) is 75.1 Å². The lowest BCUT2D eigenvalue weighted by Crippen LogP contribution is -2.31. The number of rotatable bonds is 6. The number of benzene rings is 1. The van der Waals surface area contributed by atoms with E-state index in [1.807, 2.05) is 6.92 Å². The van der Waals surface area contributed by atoms with E-state index in [9.17, 15) is 14.3 Å². The van der Waals surface area contributed by atoms with Crippen molar-refractivity contribution in [1.82, 2.24) is 15.5 Å². The summed E-state index contributed by atoms with van der Waals surface area (Å²) in [5, 5.41) is 21.2. The lowest BCUT2D eigenvalue weighted by atomic mass is 10.1. The summed E-state index contributed by atoms with van der Waals surface area (Å²) < 4.78 is 13.9. The predicted molar refractivity (Wildman–Crippen MR) is 79.7 cm³/mol. The van der Waals surface area contributed by atoms with Crippen molar-refractivity contribution >= 4 is 29.0 Å². The van der Waals surface area contributed by atoms with Gasteiger partial charge in [0.2, 0.25) is 0 Å². The lowest BCUT2D eigenvalue weighted by Gasteiger charge is -2.11. The van der Waals surface area contributed by atoms with Gasteiger partial charge in [-0.3, -0.25) is 4.79 Å². The van der Waals surface area contributed by atoms with Gasteiger partial charge in [0.25, 0.3) is 5.91 Å². The molecular formula is C13H14FN3O2S2. The predicted octanol–water partition coefficient (Wildman–Crippen LogP) is 1.93. The molecule has 2 aromatic rings. The number of aryl methyl sites for hydroxylation is 1. The number of hydrogen-bond donors (Lipinski definition) is 2. The molecule has 1 aromatic heterocycles. The molecule has 1 atom stereocenters. The van der Waals surface area contributed by atoms with Crippen molar-refractivity contribution in [2.45, 2.75) is 17.4 Å². The number of aliphatic hydroxyl groups excluding tert-OH is 1. The van der Waals surface area contributed by atoms with Gasteiger partial charge in [0.1, 0.15) is 10.8 Å². The molecule has 2 N–H and O–H groups in total. The Morgan fingerprint density at radius 2 is 2.33 bits per heavy atom. The second kappa shape index (κ2) is 7.48. The van der Waals surface area contributed by atoms with Crippen LogP contribution in [0.25, 0.3) is 0 Å². The van der Waals surface area contributed by atoms with Crippen LogP contribution in [0.4, 0.5) is 4.39 Å². The van der Waals surface area contributed by atoms with Crippen LogP contribution in [-0.2, 0) is 4.79 Å². The smallest absolute Gasteiger partial charge is 0.253 e. The van der Waals surface area contributed by atoms with Crippen molar-refractivity contribution in [2.75, 3.05) is 12.3 Å². The Morgan fingerprint density at radius 3 is 3.00 bits per heavy atom. The molecule has 112 valence electrons. The van der Waals surface area contributed by atoms with Crippen LogP contribution in [0.15, 0.2) is 28.6 Å². The fraction of sp³-hybridized carbons (Fsp3) is 0.308. The maximum Gasteiger partial charge on any atom is 0.253 e. The molecule has 21 heavy (non-hydrogen) atoms. The molecule has 0 saturated heterocycles. The van der Waals surface area contributed by atoms with Crippen LogP contribution in [0.1, 0.15) is 16.7 Å². The first-order valence-corrected chi connectivity index (χ1v) is 8.00. The highest BCUT2D eigenvalue weighted by Crippen LogP contribution is 2.21. The molecule has 1 heterocycles. The highest BCUT2D eigenvalue weighted by atomic mass is 32.2. The lowest BCUT2D eigenvalue weighted by molar-refractivity contribution is -0.129. The number of nitrogens with one attached hydrogen (secondary N) is 1. The maximum atomic E-state index is 13.0. The molecule has 0 fully saturated rings. The number of hydrogen-bond acceptors (Lipinski definition) is 6. The Balaban J connectivity index is 1.76. The number of halogens is 1. The Bertz CT molecular complexity index is 621. The van der Waals surface area contributed by atoms with Gasteiger partial charge in [0.05, 0.1) is 0 Å². The molecular weight excluding hydrogens is 313 g/mol. The van der Waals surface area contributed by atoms with Gasteiger partial charge in [0, 0.05) is 12.3 Å². The largest absolute Gasteiger partial charge is 0.378 e. The van der Waals surface area contributed by atoms with E-state index in [4.69, 9.17) is 0 Å². The average Bonchev–Trinajstić information content (AvgIpc) is 2.88. The summed E-state index contributed by atoms with van der Waals surface area (Å²) in [6.45, 7) is 2.26. The Kier molecular flexibility index (Phi) is 5.66. The van der Waals surface area contributed by atoms with Gasteiger partial charge in [-0.2, -0.15) is 0 Å². The molecule has 0 saturated carbocycles. The van der Waals surface area contributed by atoms with Gasteiger partial charge in [0.15, 0.2) is 10.4 Å². The Morgan fingerprint density at radius 1 is 1.52 bits per heavy atom. The number of thioether (sulfide) groups is 1. The fourth-order valence-electron chi connectivity index (χ4n) is 1.57. The molecule has 2 rings (SSSR count). The number of aliphatic hydroxyl groups is 1. The van der Waals surface area contributed by atoms with Gasteiger partial charge in [-0.25, -0.2) is 4.39 Å². The standard InChI is InChI=1S/C13H14FN3O2S2/c1-8-16-17-13(21-8)20-6-5-15-12(19)11(18)9-3-2-4-10(14)7-9/h2-4,7,11,18H,5-6H2,1H3,(H,15,19). The van der Waals surface area contributed by atoms with Crippen LogP contribution < -0.4 is 5.32 Å². The van der Waals surface area contributed by atoms with Gasteiger partial charge in [-0.05, 0) is 24.6 Å². The molecule has 0 spiro atoms. The zero-order valence-electron chi connectivity index (χ0n) is 11.2. The van der Waals surface area contributed by atoms with Gasteiger partial charge < -0.3 is 10.4 Å². The summed E-state index contributed by atoms with van der Waals surface area (Å²) in [5.74, 6) is -0.410. The summed E-state index contributed by atoms with van der Waals surface area (Å²) in [6, 6.07) is 5.36. The third kappa shape index (κ3) is 4.76. The third-order valence-electron chi connectivity index (χ3n) is 2.55. The summed E-state index contributed by atoms with van der Waals surface area (Å²) in [7, 11) is 0. The Labute approximate surface area is 129 Å². The third-order valence-corrected chi connectivity index (χ3v) is 4.52. The second-order valence-corrected chi connectivity index (χ2v) is 6.71. The number of amides is 1. The zero-order chi connectivity index (χ0) is 15.2. The zero-order valence-corrected chi connectivity index (χ0v) is 12.9. The molecule has 1 unspecified atom stereocenters. The molecule has 0 aliphatic heterocycles. The molecule has 0 radical (unpaired) electrons.